The Morgan fingerprint density at radius 3 is 2.58 bits per heavy atom. The lowest BCUT2D eigenvalue weighted by atomic mass is 9.74. The van der Waals surface area contributed by atoms with Crippen LogP contribution in [0.4, 0.5) is 5.95 Å². The normalized spacial score (nSPS) is 23.0. The van der Waals surface area contributed by atoms with Gasteiger partial charge in [-0.25, -0.2) is 9.97 Å². The van der Waals surface area contributed by atoms with Crippen molar-refractivity contribution in [1.82, 2.24) is 15.3 Å². The second-order valence-corrected chi connectivity index (χ2v) is 9.09. The van der Waals surface area contributed by atoms with Crippen molar-refractivity contribution >= 4 is 11.9 Å². The van der Waals surface area contributed by atoms with E-state index >= 15 is 0 Å². The van der Waals surface area contributed by atoms with Crippen molar-refractivity contribution in [3.05, 3.63) is 17.5 Å². The summed E-state index contributed by atoms with van der Waals surface area (Å²) >= 11 is 0. The highest BCUT2D eigenvalue weighted by Gasteiger charge is 2.36. The molecule has 1 fully saturated rings. The molecule has 2 aliphatic rings. The number of amides is 1. The van der Waals surface area contributed by atoms with Gasteiger partial charge >= 0.3 is 0 Å². The Bertz CT molecular complexity index is 627. The molecule has 1 atom stereocenters. The van der Waals surface area contributed by atoms with Gasteiger partial charge in [0.25, 0.3) is 0 Å². The largest absolute Gasteiger partial charge is 0.349 e. The second kappa shape index (κ2) is 6.01. The van der Waals surface area contributed by atoms with Gasteiger partial charge in [0.15, 0.2) is 0 Å². The minimum absolute atomic E-state index is 0.00287. The van der Waals surface area contributed by atoms with Gasteiger partial charge < -0.3 is 10.2 Å². The van der Waals surface area contributed by atoms with Crippen LogP contribution in [0.15, 0.2) is 6.20 Å². The van der Waals surface area contributed by atoms with E-state index in [2.05, 4.69) is 29.0 Å². The number of nitrogens with zero attached hydrogens (tertiary/aromatic N) is 3. The van der Waals surface area contributed by atoms with Crippen molar-refractivity contribution in [2.45, 2.75) is 66.3 Å². The first-order chi connectivity index (χ1) is 11.2. The summed E-state index contributed by atoms with van der Waals surface area (Å²) in [6.45, 7) is 12.4. The molecule has 1 aliphatic heterocycles. The van der Waals surface area contributed by atoms with E-state index in [4.69, 9.17) is 4.98 Å². The SMILES string of the molecule is CC1(C)Cc2nc(N3CCCC3)ncc2[C@@H](NC(=O)C(C)(C)C)C1. The molecule has 0 spiro atoms. The monoisotopic (exact) mass is 330 g/mol. The van der Waals surface area contributed by atoms with Gasteiger partial charge in [0.2, 0.25) is 11.9 Å². The average Bonchev–Trinajstić information content (AvgIpc) is 2.98. The Balaban J connectivity index is 1.89. The predicted molar refractivity (Wildman–Crippen MR) is 95.9 cm³/mol. The molecule has 5 nitrogen and oxygen atoms in total. The van der Waals surface area contributed by atoms with Crippen molar-refractivity contribution in [2.24, 2.45) is 10.8 Å². The molecule has 1 N–H and O–H groups in total. The lowest BCUT2D eigenvalue weighted by Gasteiger charge is -2.37. The first-order valence-corrected chi connectivity index (χ1v) is 9.07. The highest BCUT2D eigenvalue weighted by atomic mass is 16.2. The van der Waals surface area contributed by atoms with Crippen molar-refractivity contribution in [3.8, 4) is 0 Å². The Labute approximate surface area is 145 Å². The van der Waals surface area contributed by atoms with Crippen LogP contribution in [0.1, 0.15) is 71.2 Å². The first kappa shape index (κ1) is 17.2. The van der Waals surface area contributed by atoms with Gasteiger partial charge in [0.1, 0.15) is 0 Å². The number of aromatic nitrogens is 2. The molecule has 0 aromatic carbocycles. The standard InChI is InChI=1S/C19H30N4O/c1-18(2,3)16(24)21-14-10-19(4,5)11-15-13(14)12-20-17(22-15)23-8-6-7-9-23/h12,14H,6-11H2,1-5H3,(H,21,24)/t14-/m0/s1. The van der Waals surface area contributed by atoms with Gasteiger partial charge in [-0.05, 0) is 31.1 Å². The smallest absolute Gasteiger partial charge is 0.225 e. The molecule has 24 heavy (non-hydrogen) atoms. The number of nitrogens with one attached hydrogen (secondary N) is 1. The molecular weight excluding hydrogens is 300 g/mol. The molecule has 1 aromatic rings. The van der Waals surface area contributed by atoms with E-state index in [9.17, 15) is 4.79 Å². The Kier molecular flexibility index (Phi) is 4.30. The lowest BCUT2D eigenvalue weighted by Crippen LogP contribution is -2.42. The number of carbonyl (C=O) groups excluding carboxylic acids is 1. The number of carbonyl (C=O) groups is 1. The number of hydrogen-bond acceptors (Lipinski definition) is 4. The van der Waals surface area contributed by atoms with Crippen molar-refractivity contribution < 1.29 is 4.79 Å². The lowest BCUT2D eigenvalue weighted by molar-refractivity contribution is -0.129. The van der Waals surface area contributed by atoms with Crippen molar-refractivity contribution in [2.75, 3.05) is 18.0 Å². The number of rotatable bonds is 2. The third kappa shape index (κ3) is 3.55. The molecule has 1 aromatic heterocycles. The van der Waals surface area contributed by atoms with Gasteiger partial charge in [0, 0.05) is 30.3 Å². The summed E-state index contributed by atoms with van der Waals surface area (Å²) in [4.78, 5) is 24.2. The molecule has 0 unspecified atom stereocenters. The first-order valence-electron chi connectivity index (χ1n) is 9.07. The summed E-state index contributed by atoms with van der Waals surface area (Å²) in [6.07, 6.45) is 6.24. The van der Waals surface area contributed by atoms with Crippen LogP contribution < -0.4 is 10.2 Å². The van der Waals surface area contributed by atoms with Crippen LogP contribution in [-0.4, -0.2) is 29.0 Å². The summed E-state index contributed by atoms with van der Waals surface area (Å²) in [5, 5.41) is 3.23. The minimum atomic E-state index is -0.391. The third-order valence-corrected chi connectivity index (χ3v) is 5.04. The van der Waals surface area contributed by atoms with E-state index < -0.39 is 5.41 Å². The maximum absolute atomic E-state index is 12.5. The molecular formula is C19H30N4O. The van der Waals surface area contributed by atoms with Crippen molar-refractivity contribution in [3.63, 3.8) is 0 Å². The Morgan fingerprint density at radius 2 is 1.96 bits per heavy atom. The molecule has 132 valence electrons. The molecule has 5 heteroatoms. The zero-order valence-electron chi connectivity index (χ0n) is 15.6. The fourth-order valence-corrected chi connectivity index (χ4v) is 3.61. The van der Waals surface area contributed by atoms with Crippen LogP contribution in [0, 0.1) is 10.8 Å². The van der Waals surface area contributed by atoms with E-state index in [1.807, 2.05) is 27.0 Å². The van der Waals surface area contributed by atoms with Gasteiger partial charge in [0.05, 0.1) is 11.7 Å². The molecule has 0 radical (unpaired) electrons. The van der Waals surface area contributed by atoms with Gasteiger partial charge in [-0.3, -0.25) is 4.79 Å². The topological polar surface area (TPSA) is 58.1 Å². The van der Waals surface area contributed by atoms with E-state index in [1.54, 1.807) is 0 Å². The molecule has 2 heterocycles. The molecule has 1 aliphatic carbocycles. The quantitative estimate of drug-likeness (QED) is 0.904. The van der Waals surface area contributed by atoms with Crippen LogP contribution in [0.2, 0.25) is 0 Å². The fraction of sp³-hybridized carbons (Fsp3) is 0.737. The second-order valence-electron chi connectivity index (χ2n) is 9.09. The predicted octanol–water partition coefficient (Wildman–Crippen LogP) is 3.25. The minimum Gasteiger partial charge on any atom is -0.349 e. The van der Waals surface area contributed by atoms with Crippen LogP contribution in [0.5, 0.6) is 0 Å². The van der Waals surface area contributed by atoms with E-state index in [1.165, 1.54) is 12.8 Å². The number of hydrogen-bond donors (Lipinski definition) is 1. The molecule has 1 saturated heterocycles. The summed E-state index contributed by atoms with van der Waals surface area (Å²) in [5.74, 6) is 0.935. The van der Waals surface area contributed by atoms with Crippen molar-refractivity contribution in [1.29, 1.82) is 0 Å². The summed E-state index contributed by atoms with van der Waals surface area (Å²) in [7, 11) is 0. The zero-order chi connectivity index (χ0) is 17.5. The average molecular weight is 330 g/mol. The molecule has 0 bridgehead atoms. The third-order valence-electron chi connectivity index (χ3n) is 5.04. The zero-order valence-corrected chi connectivity index (χ0v) is 15.6. The summed E-state index contributed by atoms with van der Waals surface area (Å²) in [6, 6.07) is 0.00287. The highest BCUT2D eigenvalue weighted by molar-refractivity contribution is 5.81. The van der Waals surface area contributed by atoms with E-state index in [-0.39, 0.29) is 17.4 Å². The maximum atomic E-state index is 12.5. The molecule has 1 amide bonds. The highest BCUT2D eigenvalue weighted by Crippen LogP contribution is 2.40. The molecule has 3 rings (SSSR count). The maximum Gasteiger partial charge on any atom is 0.225 e. The van der Waals surface area contributed by atoms with Gasteiger partial charge in [-0.2, -0.15) is 0 Å². The Morgan fingerprint density at radius 1 is 1.29 bits per heavy atom. The van der Waals surface area contributed by atoms with E-state index in [0.717, 1.165) is 43.1 Å². The van der Waals surface area contributed by atoms with Crippen LogP contribution >= 0.6 is 0 Å². The summed E-state index contributed by atoms with van der Waals surface area (Å²) in [5.41, 5.74) is 1.93. The van der Waals surface area contributed by atoms with Crippen LogP contribution in [-0.2, 0) is 11.2 Å². The van der Waals surface area contributed by atoms with E-state index in [0.29, 0.717) is 0 Å². The van der Waals surface area contributed by atoms with Gasteiger partial charge in [-0.15, -0.1) is 0 Å². The number of fused-ring (bicyclic) bond motifs is 1. The fourth-order valence-electron chi connectivity index (χ4n) is 3.61. The Hall–Kier alpha value is -1.65. The van der Waals surface area contributed by atoms with Crippen LogP contribution in [0.25, 0.3) is 0 Å². The van der Waals surface area contributed by atoms with Crippen LogP contribution in [0.3, 0.4) is 0 Å². The van der Waals surface area contributed by atoms with Gasteiger partial charge in [-0.1, -0.05) is 34.6 Å². The molecule has 0 saturated carbocycles. The number of anilines is 1. The summed E-state index contributed by atoms with van der Waals surface area (Å²) < 4.78 is 0.